The Balaban J connectivity index is 1.91. The van der Waals surface area contributed by atoms with Crippen LogP contribution in [0.2, 0.25) is 0 Å². The molecule has 2 N–H and O–H groups in total. The highest BCUT2D eigenvalue weighted by Gasteiger charge is 2.38. The minimum Gasteiger partial charge on any atom is -0.375 e. The van der Waals surface area contributed by atoms with E-state index >= 15 is 0 Å². The molecule has 2 aromatic rings. The summed E-state index contributed by atoms with van der Waals surface area (Å²) >= 11 is 1.27. The van der Waals surface area contributed by atoms with Gasteiger partial charge in [-0.15, -0.1) is 10.2 Å². The molecule has 1 heterocycles. The smallest absolute Gasteiger partial charge is 0.191 e. The molecule has 0 spiro atoms. The number of nitrogens with two attached hydrogens (primary N) is 1. The van der Waals surface area contributed by atoms with E-state index in [0.717, 1.165) is 16.8 Å². The molecule has 5 nitrogen and oxygen atoms in total. The Hall–Kier alpha value is -2.34. The van der Waals surface area contributed by atoms with Crippen molar-refractivity contribution in [2.45, 2.75) is 26.7 Å². The number of hydrogen-bond acceptors (Lipinski definition) is 6. The predicted octanol–water partition coefficient (Wildman–Crippen LogP) is 4.39. The van der Waals surface area contributed by atoms with Gasteiger partial charge in [-0.05, 0) is 30.9 Å². The summed E-state index contributed by atoms with van der Waals surface area (Å²) in [7, 11) is 0. The molecule has 0 saturated carbocycles. The fourth-order valence-electron chi connectivity index (χ4n) is 2.86. The number of azo groups is 1. The Morgan fingerprint density at radius 1 is 1.17 bits per heavy atom. The van der Waals surface area contributed by atoms with Crippen LogP contribution in [-0.4, -0.2) is 10.8 Å². The number of ketones is 1. The highest BCUT2D eigenvalue weighted by atomic mass is 32.1. The van der Waals surface area contributed by atoms with Crippen LogP contribution in [0.3, 0.4) is 0 Å². The van der Waals surface area contributed by atoms with Gasteiger partial charge in [0, 0.05) is 0 Å². The van der Waals surface area contributed by atoms with E-state index in [-0.39, 0.29) is 17.6 Å². The predicted molar refractivity (Wildman–Crippen MR) is 91.8 cm³/mol. The summed E-state index contributed by atoms with van der Waals surface area (Å²) in [6.45, 7) is 5.84. The summed E-state index contributed by atoms with van der Waals surface area (Å²) in [5.41, 5.74) is 8.85. The Labute approximate surface area is 139 Å². The molecule has 23 heavy (non-hydrogen) atoms. The molecular formula is C17H18N4OS. The molecular weight excluding hydrogens is 308 g/mol. The molecule has 118 valence electrons. The molecule has 0 radical (unpaired) electrons. The van der Waals surface area contributed by atoms with Crippen LogP contribution in [0.5, 0.6) is 0 Å². The molecule has 6 heteroatoms. The summed E-state index contributed by atoms with van der Waals surface area (Å²) in [5.74, 6) is -0.0376. The molecule has 0 saturated heterocycles. The number of benzene rings is 1. The van der Waals surface area contributed by atoms with E-state index < -0.39 is 0 Å². The standard InChI is InChI=1S/C17H18N4OS/c1-9-10(2)14(20-21-16-11(3)19-17(18)23-16)15(22)13(9)12-7-5-4-6-8-12/h4-9,13H,1-3H3,(H2,18,19). The Bertz CT molecular complexity index is 807. The second-order valence-corrected chi connectivity index (χ2v) is 6.72. The molecule has 3 rings (SSSR count). The third-order valence-corrected chi connectivity index (χ3v) is 5.13. The van der Waals surface area contributed by atoms with E-state index in [4.69, 9.17) is 5.73 Å². The van der Waals surface area contributed by atoms with Gasteiger partial charge in [0.15, 0.2) is 15.9 Å². The largest absolute Gasteiger partial charge is 0.375 e. The van der Waals surface area contributed by atoms with E-state index in [1.165, 1.54) is 11.3 Å². The van der Waals surface area contributed by atoms with Gasteiger partial charge in [-0.2, -0.15) is 0 Å². The van der Waals surface area contributed by atoms with Gasteiger partial charge in [0.05, 0.1) is 11.6 Å². The molecule has 0 amide bonds. The SMILES string of the molecule is CC1=C(N=Nc2sc(N)nc2C)C(=O)C(c2ccccc2)C1C. The third kappa shape index (κ3) is 2.82. The molecule has 1 aliphatic rings. The number of rotatable bonds is 3. The van der Waals surface area contributed by atoms with E-state index in [1.54, 1.807) is 0 Å². The molecule has 1 aliphatic carbocycles. The fraction of sp³-hybridized carbons (Fsp3) is 0.294. The Kier molecular flexibility index (Phi) is 4.09. The van der Waals surface area contributed by atoms with Gasteiger partial charge in [-0.25, -0.2) is 4.98 Å². The maximum atomic E-state index is 12.8. The molecule has 1 aromatic carbocycles. The van der Waals surface area contributed by atoms with Gasteiger partial charge >= 0.3 is 0 Å². The maximum Gasteiger partial charge on any atom is 0.191 e. The zero-order valence-corrected chi connectivity index (χ0v) is 14.1. The van der Waals surface area contributed by atoms with Crippen molar-refractivity contribution in [2.75, 3.05) is 5.73 Å². The van der Waals surface area contributed by atoms with Crippen molar-refractivity contribution in [1.82, 2.24) is 4.98 Å². The zero-order chi connectivity index (χ0) is 16.6. The van der Waals surface area contributed by atoms with Crippen molar-refractivity contribution in [3.8, 4) is 0 Å². The molecule has 0 aliphatic heterocycles. The second-order valence-electron chi connectivity index (χ2n) is 5.72. The molecule has 1 aromatic heterocycles. The second kappa shape index (κ2) is 6.04. The Morgan fingerprint density at radius 2 is 1.87 bits per heavy atom. The van der Waals surface area contributed by atoms with Crippen molar-refractivity contribution in [1.29, 1.82) is 0 Å². The normalized spacial score (nSPS) is 21.6. The summed E-state index contributed by atoms with van der Waals surface area (Å²) in [6.07, 6.45) is 0. The number of carbonyl (C=O) groups excluding carboxylic acids is 1. The van der Waals surface area contributed by atoms with E-state index in [9.17, 15) is 4.79 Å². The lowest BCUT2D eigenvalue weighted by molar-refractivity contribution is -0.116. The highest BCUT2D eigenvalue weighted by molar-refractivity contribution is 7.19. The van der Waals surface area contributed by atoms with Crippen LogP contribution in [-0.2, 0) is 4.79 Å². The average molecular weight is 326 g/mol. The van der Waals surface area contributed by atoms with Crippen LogP contribution >= 0.6 is 11.3 Å². The maximum absolute atomic E-state index is 12.8. The molecule has 2 atom stereocenters. The number of hydrogen-bond donors (Lipinski definition) is 1. The lowest BCUT2D eigenvalue weighted by atomic mass is 9.87. The van der Waals surface area contributed by atoms with Gasteiger partial charge in [0.1, 0.15) is 5.70 Å². The van der Waals surface area contributed by atoms with Crippen molar-refractivity contribution >= 4 is 27.3 Å². The van der Waals surface area contributed by atoms with Crippen molar-refractivity contribution < 1.29 is 4.79 Å². The number of anilines is 1. The first kappa shape index (κ1) is 15.6. The van der Waals surface area contributed by atoms with Gasteiger partial charge in [0.2, 0.25) is 0 Å². The summed E-state index contributed by atoms with van der Waals surface area (Å²) < 4.78 is 0. The van der Waals surface area contributed by atoms with Crippen LogP contribution in [0.4, 0.5) is 10.1 Å². The minimum atomic E-state index is -0.183. The topological polar surface area (TPSA) is 80.7 Å². The van der Waals surface area contributed by atoms with Gasteiger partial charge in [-0.1, -0.05) is 48.6 Å². The van der Waals surface area contributed by atoms with Crippen LogP contribution in [0.15, 0.2) is 51.8 Å². The summed E-state index contributed by atoms with van der Waals surface area (Å²) in [5, 5.41) is 9.52. The molecule has 2 unspecified atom stereocenters. The van der Waals surface area contributed by atoms with Crippen LogP contribution < -0.4 is 5.73 Å². The lowest BCUT2D eigenvalue weighted by Gasteiger charge is -2.15. The number of Topliss-reactive ketones (excluding diaryl/α,β-unsaturated/α-hetero) is 1. The third-order valence-electron chi connectivity index (χ3n) is 4.26. The van der Waals surface area contributed by atoms with Crippen molar-refractivity contribution in [3.63, 3.8) is 0 Å². The Morgan fingerprint density at radius 3 is 2.48 bits per heavy atom. The number of allylic oxidation sites excluding steroid dienone is 2. The first-order chi connectivity index (χ1) is 11.0. The zero-order valence-electron chi connectivity index (χ0n) is 13.3. The van der Waals surface area contributed by atoms with Crippen molar-refractivity contribution in [2.24, 2.45) is 16.1 Å². The number of nitrogens with zero attached hydrogens (tertiary/aromatic N) is 3. The number of aromatic nitrogens is 1. The van der Waals surface area contributed by atoms with Crippen LogP contribution in [0, 0.1) is 12.8 Å². The highest BCUT2D eigenvalue weighted by Crippen LogP contribution is 2.41. The number of nitrogen functional groups attached to an aromatic ring is 1. The summed E-state index contributed by atoms with van der Waals surface area (Å²) in [4.78, 5) is 16.9. The number of carbonyl (C=O) groups is 1. The summed E-state index contributed by atoms with van der Waals surface area (Å²) in [6, 6.07) is 9.83. The lowest BCUT2D eigenvalue weighted by Crippen LogP contribution is -2.13. The molecule has 0 fully saturated rings. The number of aryl methyl sites for hydroxylation is 1. The fourth-order valence-corrected chi connectivity index (χ4v) is 3.52. The van der Waals surface area contributed by atoms with Gasteiger partial charge in [0.25, 0.3) is 0 Å². The van der Waals surface area contributed by atoms with Gasteiger partial charge < -0.3 is 5.73 Å². The first-order valence-electron chi connectivity index (χ1n) is 7.43. The van der Waals surface area contributed by atoms with E-state index in [2.05, 4.69) is 22.1 Å². The monoisotopic (exact) mass is 326 g/mol. The quantitative estimate of drug-likeness (QED) is 0.849. The molecule has 0 bridgehead atoms. The van der Waals surface area contributed by atoms with E-state index in [1.807, 2.05) is 44.2 Å². The number of thiazole rings is 1. The van der Waals surface area contributed by atoms with E-state index in [0.29, 0.717) is 15.8 Å². The van der Waals surface area contributed by atoms with Crippen LogP contribution in [0.25, 0.3) is 0 Å². The average Bonchev–Trinajstić information content (AvgIpc) is 2.96. The van der Waals surface area contributed by atoms with Crippen LogP contribution in [0.1, 0.15) is 31.0 Å². The van der Waals surface area contributed by atoms with Gasteiger partial charge in [-0.3, -0.25) is 4.79 Å². The minimum absolute atomic E-state index is 0.0279. The van der Waals surface area contributed by atoms with Crippen molar-refractivity contribution in [3.05, 3.63) is 52.9 Å². The first-order valence-corrected chi connectivity index (χ1v) is 8.25.